The average molecular weight is 548 g/mol. The summed E-state index contributed by atoms with van der Waals surface area (Å²) in [5.74, 6) is -0.643. The van der Waals surface area contributed by atoms with Crippen molar-refractivity contribution in [3.8, 4) is 0 Å². The van der Waals surface area contributed by atoms with Gasteiger partial charge in [-0.15, -0.1) is 0 Å². The van der Waals surface area contributed by atoms with Crippen LogP contribution in [0.25, 0.3) is 0 Å². The topological polar surface area (TPSA) is 67.4 Å². The fourth-order valence-electron chi connectivity index (χ4n) is 4.93. The average Bonchev–Trinajstić information content (AvgIpc) is 3.10. The van der Waals surface area contributed by atoms with E-state index in [1.54, 1.807) is 25.3 Å². The van der Waals surface area contributed by atoms with Gasteiger partial charge in [0.1, 0.15) is 5.41 Å². The maximum atomic E-state index is 13.5. The number of carbonyl (C=O) groups excluding carboxylic acids is 2. The molecule has 2 aromatic carbocycles. The van der Waals surface area contributed by atoms with E-state index in [0.717, 1.165) is 16.7 Å². The van der Waals surface area contributed by atoms with Gasteiger partial charge in [0.15, 0.2) is 0 Å². The van der Waals surface area contributed by atoms with Gasteiger partial charge in [-0.2, -0.15) is 0 Å². The zero-order valence-corrected chi connectivity index (χ0v) is 24.4. The van der Waals surface area contributed by atoms with Gasteiger partial charge in [-0.05, 0) is 48.7 Å². The predicted octanol–water partition coefficient (Wildman–Crippen LogP) is 6.72. The Bertz CT molecular complexity index is 1160. The first kappa shape index (κ1) is 28.4. The van der Waals surface area contributed by atoms with Crippen LogP contribution >= 0.6 is 23.2 Å². The Morgan fingerprint density at radius 3 is 2.39 bits per heavy atom. The van der Waals surface area contributed by atoms with Gasteiger partial charge in [0.25, 0.3) is 0 Å². The first-order valence-corrected chi connectivity index (χ1v) is 16.6. The summed E-state index contributed by atoms with van der Waals surface area (Å²) in [6.45, 7) is 15.2. The van der Waals surface area contributed by atoms with Crippen molar-refractivity contribution in [1.82, 2.24) is 5.32 Å². The molecule has 0 aromatic heterocycles. The van der Waals surface area contributed by atoms with E-state index in [2.05, 4.69) is 43.8 Å². The molecule has 2 aliphatic rings. The van der Waals surface area contributed by atoms with Crippen LogP contribution < -0.4 is 10.6 Å². The number of carbonyl (C=O) groups is 2. The van der Waals surface area contributed by atoms with E-state index >= 15 is 0 Å². The van der Waals surface area contributed by atoms with E-state index in [0.29, 0.717) is 27.9 Å². The van der Waals surface area contributed by atoms with Crippen LogP contribution in [0.3, 0.4) is 0 Å². The predicted molar refractivity (Wildman–Crippen MR) is 152 cm³/mol. The highest BCUT2D eigenvalue weighted by molar-refractivity contribution is 6.77. The number of hydrogen-bond donors (Lipinski definition) is 2. The lowest BCUT2D eigenvalue weighted by atomic mass is 9.59. The fourth-order valence-corrected chi connectivity index (χ4v) is 6.01. The van der Waals surface area contributed by atoms with Crippen LogP contribution in [-0.2, 0) is 19.7 Å². The number of fused-ring (bicyclic) bond motifs is 2. The Labute approximate surface area is 225 Å². The van der Waals surface area contributed by atoms with Crippen molar-refractivity contribution in [3.63, 3.8) is 0 Å². The summed E-state index contributed by atoms with van der Waals surface area (Å²) in [5.41, 5.74) is 2.64. The maximum Gasteiger partial charge on any atom is 0.238 e. The van der Waals surface area contributed by atoms with Crippen molar-refractivity contribution in [3.05, 3.63) is 75.8 Å². The SMILES string of the molecule is C=C(CC)C1NC(=O)CC(c2cccc(Cl)c2)C12C(=O)Nc1cc(Cl)ccc12.COC(C)[Si](C)(C)C. The molecule has 2 heterocycles. The number of nitrogens with one attached hydrogen (secondary N) is 2. The van der Waals surface area contributed by atoms with Crippen LogP contribution in [-0.4, -0.2) is 38.8 Å². The molecule has 4 rings (SSSR count). The van der Waals surface area contributed by atoms with E-state index < -0.39 is 19.5 Å². The number of methoxy groups -OCH3 is 1. The minimum absolute atomic E-state index is 0.106. The standard InChI is InChI=1S/C22H20Cl2N2O2.C6H16OSi/c1-3-12(2)20-22(16-8-7-15(24)10-18(16)25-21(22)28)17(11-19(27)26-20)13-5-4-6-14(23)9-13;1-6(7-2)8(3,4)5/h4-10,17,20H,2-3,11H2,1H3,(H,25,28)(H,26,27);6H,1-5H3. The zero-order chi connectivity index (χ0) is 26.8. The van der Waals surface area contributed by atoms with Gasteiger partial charge < -0.3 is 15.4 Å². The van der Waals surface area contributed by atoms with Gasteiger partial charge in [-0.3, -0.25) is 9.59 Å². The molecule has 2 amide bonds. The molecule has 0 saturated carbocycles. The Balaban J connectivity index is 0.000000392. The van der Waals surface area contributed by atoms with Crippen LogP contribution in [0.4, 0.5) is 5.69 Å². The molecular weight excluding hydrogens is 511 g/mol. The van der Waals surface area contributed by atoms with Crippen LogP contribution in [0.2, 0.25) is 29.7 Å². The summed E-state index contributed by atoms with van der Waals surface area (Å²) in [6, 6.07) is 12.3. The summed E-state index contributed by atoms with van der Waals surface area (Å²) >= 11 is 12.4. The van der Waals surface area contributed by atoms with Crippen molar-refractivity contribution in [2.45, 2.75) is 69.4 Å². The number of piperidine rings is 1. The molecule has 8 heteroatoms. The summed E-state index contributed by atoms with van der Waals surface area (Å²) in [6.07, 6.45) is 0.828. The lowest BCUT2D eigenvalue weighted by molar-refractivity contribution is -0.130. The highest BCUT2D eigenvalue weighted by atomic mass is 35.5. The van der Waals surface area contributed by atoms with E-state index in [9.17, 15) is 9.59 Å². The number of amides is 2. The Morgan fingerprint density at radius 2 is 1.83 bits per heavy atom. The van der Waals surface area contributed by atoms with Gasteiger partial charge in [0, 0.05) is 40.9 Å². The van der Waals surface area contributed by atoms with Gasteiger partial charge >= 0.3 is 0 Å². The van der Waals surface area contributed by atoms with Crippen molar-refractivity contribution in [2.24, 2.45) is 0 Å². The number of anilines is 1. The first-order valence-electron chi connectivity index (χ1n) is 12.2. The first-order chi connectivity index (χ1) is 16.9. The molecule has 0 bridgehead atoms. The van der Waals surface area contributed by atoms with E-state index in [-0.39, 0.29) is 24.2 Å². The molecule has 1 fully saturated rings. The molecule has 4 atom stereocenters. The molecule has 5 nitrogen and oxygen atoms in total. The van der Waals surface area contributed by atoms with Crippen LogP contribution in [0, 0.1) is 0 Å². The quantitative estimate of drug-likeness (QED) is 0.323. The number of ether oxygens (including phenoxy) is 1. The van der Waals surface area contributed by atoms with Gasteiger partial charge in [0.2, 0.25) is 11.8 Å². The summed E-state index contributed by atoms with van der Waals surface area (Å²) in [7, 11) is 0.798. The second-order valence-electron chi connectivity index (χ2n) is 10.6. The lowest BCUT2D eigenvalue weighted by Gasteiger charge is -2.47. The van der Waals surface area contributed by atoms with Crippen LogP contribution in [0.5, 0.6) is 0 Å². The van der Waals surface area contributed by atoms with Crippen LogP contribution in [0.15, 0.2) is 54.6 Å². The third kappa shape index (κ3) is 5.42. The van der Waals surface area contributed by atoms with Gasteiger partial charge in [0.05, 0.1) is 14.1 Å². The minimum Gasteiger partial charge on any atom is -0.385 e. The smallest absolute Gasteiger partial charge is 0.238 e. The number of benzene rings is 2. The second kappa shape index (κ2) is 11.1. The third-order valence-corrected chi connectivity index (χ3v) is 10.6. The minimum atomic E-state index is -1.01. The molecule has 194 valence electrons. The van der Waals surface area contributed by atoms with Gasteiger partial charge in [-0.25, -0.2) is 0 Å². The lowest BCUT2D eigenvalue weighted by Crippen LogP contribution is -2.62. The van der Waals surface area contributed by atoms with Crippen molar-refractivity contribution < 1.29 is 14.3 Å². The molecule has 4 unspecified atom stereocenters. The summed E-state index contributed by atoms with van der Waals surface area (Å²) < 4.78 is 5.18. The molecule has 2 N–H and O–H groups in total. The Morgan fingerprint density at radius 1 is 1.17 bits per heavy atom. The maximum absolute atomic E-state index is 13.5. The molecule has 0 radical (unpaired) electrons. The molecule has 0 aliphatic carbocycles. The molecule has 2 aromatic rings. The van der Waals surface area contributed by atoms with Crippen molar-refractivity contribution >= 4 is 48.8 Å². The zero-order valence-electron chi connectivity index (χ0n) is 21.9. The van der Waals surface area contributed by atoms with E-state index in [4.69, 9.17) is 27.9 Å². The Hall–Kier alpha value is -2.12. The van der Waals surface area contributed by atoms with Crippen molar-refractivity contribution in [2.75, 3.05) is 12.4 Å². The molecular formula is C28H36Cl2N2O3Si. The number of rotatable bonds is 5. The third-order valence-electron chi connectivity index (χ3n) is 7.44. The normalized spacial score (nSPS) is 23.8. The largest absolute Gasteiger partial charge is 0.385 e. The number of halogens is 2. The van der Waals surface area contributed by atoms with E-state index in [1.165, 1.54) is 0 Å². The summed E-state index contributed by atoms with van der Waals surface area (Å²) in [5, 5.41) is 7.13. The second-order valence-corrected chi connectivity index (χ2v) is 17.0. The summed E-state index contributed by atoms with van der Waals surface area (Å²) in [4.78, 5) is 26.2. The highest BCUT2D eigenvalue weighted by Crippen LogP contribution is 2.54. The van der Waals surface area contributed by atoms with Gasteiger partial charge in [-0.1, -0.05) is 80.1 Å². The van der Waals surface area contributed by atoms with E-state index in [1.807, 2.05) is 31.2 Å². The monoisotopic (exact) mass is 546 g/mol. The Kier molecular flexibility index (Phi) is 8.77. The molecule has 2 aliphatic heterocycles. The molecule has 36 heavy (non-hydrogen) atoms. The molecule has 1 saturated heterocycles. The number of hydrogen-bond acceptors (Lipinski definition) is 3. The highest BCUT2D eigenvalue weighted by Gasteiger charge is 2.61. The molecule has 1 spiro atoms. The fraction of sp³-hybridized carbons (Fsp3) is 0.429. The van der Waals surface area contributed by atoms with Crippen LogP contribution in [0.1, 0.15) is 43.7 Å². The van der Waals surface area contributed by atoms with Crippen molar-refractivity contribution in [1.29, 1.82) is 0 Å².